The van der Waals surface area contributed by atoms with Gasteiger partial charge in [-0.1, -0.05) is 64.0 Å². The van der Waals surface area contributed by atoms with Gasteiger partial charge in [0.15, 0.2) is 12.2 Å². The summed E-state index contributed by atoms with van der Waals surface area (Å²) in [5.74, 6) is 1.32. The maximum absolute atomic E-state index is 12.4. The van der Waals surface area contributed by atoms with Crippen molar-refractivity contribution in [2.45, 2.75) is 104 Å². The molecule has 2 atom stereocenters. The lowest BCUT2D eigenvalue weighted by atomic mass is 10.1. The number of carbonyl (C=O) groups excluding carboxylic acids is 2. The van der Waals surface area contributed by atoms with Crippen molar-refractivity contribution in [2.24, 2.45) is 0 Å². The van der Waals surface area contributed by atoms with Crippen molar-refractivity contribution >= 4 is 23.5 Å². The van der Waals surface area contributed by atoms with Crippen molar-refractivity contribution < 1.29 is 33.3 Å². The molecule has 2 rings (SSSR count). The first-order valence-corrected chi connectivity index (χ1v) is 15.0. The standard InChI is InChI=1S/C32H45ClO7/c1-5-9-11-13-15-29(31(34)36-7-3)39-25-19-17-24(18-20-25)38-26-21-22-28(27(33)23-26)40-30(32(35)37-8-4)16-14-12-10-6-2/h17-23,29-30H,5-16H2,1-4H3. The molecule has 0 bridgehead atoms. The summed E-state index contributed by atoms with van der Waals surface area (Å²) in [6.07, 6.45) is 8.16. The number of unbranched alkanes of at least 4 members (excludes halogenated alkanes) is 6. The Kier molecular flexibility index (Phi) is 16.0. The van der Waals surface area contributed by atoms with Crippen LogP contribution in [0.2, 0.25) is 5.02 Å². The Morgan fingerprint density at radius 2 is 1.15 bits per heavy atom. The largest absolute Gasteiger partial charge is 0.479 e. The Balaban J connectivity index is 2.01. The van der Waals surface area contributed by atoms with Gasteiger partial charge in [-0.15, -0.1) is 0 Å². The highest BCUT2D eigenvalue weighted by Gasteiger charge is 2.23. The Morgan fingerprint density at radius 3 is 1.65 bits per heavy atom. The first-order chi connectivity index (χ1) is 19.4. The topological polar surface area (TPSA) is 80.3 Å². The third-order valence-electron chi connectivity index (χ3n) is 6.25. The maximum atomic E-state index is 12.4. The highest BCUT2D eigenvalue weighted by atomic mass is 35.5. The highest BCUT2D eigenvalue weighted by molar-refractivity contribution is 6.32. The molecule has 8 heteroatoms. The second-order valence-corrected chi connectivity index (χ2v) is 9.99. The average Bonchev–Trinajstić information content (AvgIpc) is 2.94. The number of hydrogen-bond donors (Lipinski definition) is 0. The number of halogens is 1. The van der Waals surface area contributed by atoms with Crippen LogP contribution in [0, 0.1) is 0 Å². The van der Waals surface area contributed by atoms with Gasteiger partial charge in [-0.3, -0.25) is 0 Å². The predicted molar refractivity (Wildman–Crippen MR) is 158 cm³/mol. The molecular formula is C32H45ClO7. The summed E-state index contributed by atoms with van der Waals surface area (Å²) < 4.78 is 28.3. The van der Waals surface area contributed by atoms with E-state index in [-0.39, 0.29) is 11.9 Å². The van der Waals surface area contributed by atoms with E-state index >= 15 is 0 Å². The van der Waals surface area contributed by atoms with Crippen molar-refractivity contribution in [3.05, 3.63) is 47.5 Å². The van der Waals surface area contributed by atoms with Crippen LogP contribution in [-0.2, 0) is 19.1 Å². The number of benzene rings is 2. The zero-order valence-corrected chi connectivity index (χ0v) is 25.2. The highest BCUT2D eigenvalue weighted by Crippen LogP contribution is 2.33. The zero-order chi connectivity index (χ0) is 29.2. The third kappa shape index (κ3) is 12.1. The molecule has 0 aliphatic rings. The van der Waals surface area contributed by atoms with E-state index in [0.29, 0.717) is 54.1 Å². The van der Waals surface area contributed by atoms with Crippen LogP contribution in [0.5, 0.6) is 23.0 Å². The summed E-state index contributed by atoms with van der Waals surface area (Å²) in [4.78, 5) is 24.8. The Morgan fingerprint density at radius 1 is 0.650 bits per heavy atom. The average molecular weight is 577 g/mol. The van der Waals surface area contributed by atoms with Crippen molar-refractivity contribution in [3.8, 4) is 23.0 Å². The first-order valence-electron chi connectivity index (χ1n) is 14.7. The minimum absolute atomic E-state index is 0.292. The van der Waals surface area contributed by atoms with E-state index in [4.69, 9.17) is 35.3 Å². The fraction of sp³-hybridized carbons (Fsp3) is 0.562. The van der Waals surface area contributed by atoms with Crippen LogP contribution in [0.3, 0.4) is 0 Å². The molecule has 0 saturated heterocycles. The number of ether oxygens (including phenoxy) is 5. The van der Waals surface area contributed by atoms with Crippen molar-refractivity contribution in [1.82, 2.24) is 0 Å². The monoisotopic (exact) mass is 576 g/mol. The maximum Gasteiger partial charge on any atom is 0.347 e. The van der Waals surface area contributed by atoms with Crippen LogP contribution in [-0.4, -0.2) is 37.4 Å². The van der Waals surface area contributed by atoms with Crippen molar-refractivity contribution in [3.63, 3.8) is 0 Å². The molecule has 0 saturated carbocycles. The molecule has 0 aromatic heterocycles. The van der Waals surface area contributed by atoms with E-state index < -0.39 is 12.2 Å². The zero-order valence-electron chi connectivity index (χ0n) is 24.4. The lowest BCUT2D eigenvalue weighted by Gasteiger charge is -2.19. The Bertz CT molecular complexity index is 1010. The summed E-state index contributed by atoms with van der Waals surface area (Å²) in [6, 6.07) is 12.1. The van der Waals surface area contributed by atoms with Crippen LogP contribution in [0.4, 0.5) is 0 Å². The molecule has 2 aromatic rings. The van der Waals surface area contributed by atoms with Gasteiger partial charge in [0.1, 0.15) is 23.0 Å². The second kappa shape index (κ2) is 19.2. The van der Waals surface area contributed by atoms with E-state index in [1.54, 1.807) is 56.3 Å². The first kappa shape index (κ1) is 33.3. The minimum Gasteiger partial charge on any atom is -0.479 e. The predicted octanol–water partition coefficient (Wildman–Crippen LogP) is 8.69. The van der Waals surface area contributed by atoms with Gasteiger partial charge < -0.3 is 23.7 Å². The van der Waals surface area contributed by atoms with Crippen LogP contribution in [0.1, 0.15) is 91.9 Å². The molecular weight excluding hydrogens is 532 g/mol. The summed E-state index contributed by atoms with van der Waals surface area (Å²) in [6.45, 7) is 8.46. The quantitative estimate of drug-likeness (QED) is 0.115. The van der Waals surface area contributed by atoms with Crippen molar-refractivity contribution in [2.75, 3.05) is 13.2 Å². The molecule has 2 unspecified atom stereocenters. The van der Waals surface area contributed by atoms with E-state index in [1.165, 1.54) is 0 Å². The fourth-order valence-electron chi connectivity index (χ4n) is 4.11. The fourth-order valence-corrected chi connectivity index (χ4v) is 4.33. The van der Waals surface area contributed by atoms with E-state index in [1.807, 2.05) is 0 Å². The third-order valence-corrected chi connectivity index (χ3v) is 6.54. The summed E-state index contributed by atoms with van der Waals surface area (Å²) in [7, 11) is 0. The molecule has 0 N–H and O–H groups in total. The molecule has 0 fully saturated rings. The summed E-state index contributed by atoms with van der Waals surface area (Å²) in [5, 5.41) is 0.334. The van der Waals surface area contributed by atoms with Gasteiger partial charge in [0, 0.05) is 6.07 Å². The number of esters is 2. The summed E-state index contributed by atoms with van der Waals surface area (Å²) in [5.41, 5.74) is 0. The van der Waals surface area contributed by atoms with Crippen LogP contribution >= 0.6 is 11.6 Å². The van der Waals surface area contributed by atoms with Gasteiger partial charge in [-0.05, 0) is 75.9 Å². The molecule has 0 amide bonds. The normalized spacial score (nSPS) is 12.3. The minimum atomic E-state index is -0.710. The lowest BCUT2D eigenvalue weighted by molar-refractivity contribution is -0.152. The second-order valence-electron chi connectivity index (χ2n) is 9.58. The molecule has 0 heterocycles. The van der Waals surface area contributed by atoms with Crippen molar-refractivity contribution in [1.29, 1.82) is 0 Å². The number of carbonyl (C=O) groups is 2. The lowest BCUT2D eigenvalue weighted by Crippen LogP contribution is -2.29. The molecule has 2 aromatic carbocycles. The van der Waals surface area contributed by atoms with Gasteiger partial charge >= 0.3 is 11.9 Å². The van der Waals surface area contributed by atoms with E-state index in [9.17, 15) is 9.59 Å². The van der Waals surface area contributed by atoms with Crippen LogP contribution in [0.15, 0.2) is 42.5 Å². The van der Waals surface area contributed by atoms with Gasteiger partial charge in [-0.25, -0.2) is 9.59 Å². The Labute approximate surface area is 244 Å². The van der Waals surface area contributed by atoms with Gasteiger partial charge in [0.25, 0.3) is 0 Å². The van der Waals surface area contributed by atoms with Gasteiger partial charge in [0.2, 0.25) is 0 Å². The SMILES string of the molecule is CCCCCCC(Oc1ccc(Oc2ccc(OC(CCCCCC)C(=O)OCC)c(Cl)c2)cc1)C(=O)OCC. The van der Waals surface area contributed by atoms with Gasteiger partial charge in [0.05, 0.1) is 18.2 Å². The number of hydrogen-bond acceptors (Lipinski definition) is 7. The van der Waals surface area contributed by atoms with Crippen LogP contribution in [0.25, 0.3) is 0 Å². The van der Waals surface area contributed by atoms with E-state index in [0.717, 1.165) is 51.4 Å². The molecule has 0 radical (unpaired) electrons. The molecule has 0 spiro atoms. The molecule has 0 aliphatic heterocycles. The molecule has 0 aliphatic carbocycles. The summed E-state index contributed by atoms with van der Waals surface area (Å²) >= 11 is 6.48. The molecule has 222 valence electrons. The van der Waals surface area contributed by atoms with Gasteiger partial charge in [-0.2, -0.15) is 0 Å². The molecule has 7 nitrogen and oxygen atoms in total. The smallest absolute Gasteiger partial charge is 0.347 e. The Hall–Kier alpha value is -2.93. The van der Waals surface area contributed by atoms with Crippen LogP contribution < -0.4 is 14.2 Å². The number of rotatable bonds is 20. The molecule has 40 heavy (non-hydrogen) atoms. The van der Waals surface area contributed by atoms with E-state index in [2.05, 4.69) is 13.8 Å².